The molecule has 0 spiro atoms. The first kappa shape index (κ1) is 21.0. The molecule has 2 heterocycles. The minimum atomic E-state index is -0.897. The number of nitrogens with one attached hydrogen (secondary N) is 1. The van der Waals surface area contributed by atoms with Gasteiger partial charge in [0.1, 0.15) is 23.9 Å². The van der Waals surface area contributed by atoms with Crippen LogP contribution in [0.1, 0.15) is 11.4 Å². The van der Waals surface area contributed by atoms with Gasteiger partial charge in [-0.1, -0.05) is 23.7 Å². The van der Waals surface area contributed by atoms with Gasteiger partial charge in [-0.3, -0.25) is 4.99 Å². The van der Waals surface area contributed by atoms with Crippen LogP contribution in [0.15, 0.2) is 29.3 Å². The van der Waals surface area contributed by atoms with E-state index in [2.05, 4.69) is 25.1 Å². The van der Waals surface area contributed by atoms with Crippen molar-refractivity contribution in [2.75, 3.05) is 25.5 Å². The molecule has 0 atom stereocenters. The Bertz CT molecular complexity index is 1000. The number of nitrogens with zero attached hydrogens (tertiary/aromatic N) is 5. The van der Waals surface area contributed by atoms with E-state index in [0.29, 0.717) is 17.9 Å². The topological polar surface area (TPSA) is 141 Å². The molecule has 2 aromatic rings. The van der Waals surface area contributed by atoms with Crippen LogP contribution in [0.2, 0.25) is 5.15 Å². The predicted octanol–water partition coefficient (Wildman–Crippen LogP) is 2.44. The zero-order valence-corrected chi connectivity index (χ0v) is 16.8. The van der Waals surface area contributed by atoms with Crippen molar-refractivity contribution < 1.29 is 24.2 Å². The average molecular weight is 437 g/mol. The van der Waals surface area contributed by atoms with Crippen LogP contribution >= 0.6 is 11.6 Å². The molecule has 13 heteroatoms. The Hall–Kier alpha value is -3.67. The van der Waals surface area contributed by atoms with Crippen molar-refractivity contribution in [1.29, 1.82) is 0 Å². The smallest absolute Gasteiger partial charge is 0.422 e. The van der Waals surface area contributed by atoms with Gasteiger partial charge in [0.15, 0.2) is 5.15 Å². The van der Waals surface area contributed by atoms with Gasteiger partial charge in [0.25, 0.3) is 5.09 Å². The number of guanidine groups is 1. The summed E-state index contributed by atoms with van der Waals surface area (Å²) in [7, 11) is 1.43. The van der Waals surface area contributed by atoms with Gasteiger partial charge in [0.2, 0.25) is 11.8 Å². The summed E-state index contributed by atoms with van der Waals surface area (Å²) in [5.41, 5.74) is 0.737. The van der Waals surface area contributed by atoms with Crippen molar-refractivity contribution in [1.82, 2.24) is 14.9 Å². The lowest BCUT2D eigenvalue weighted by molar-refractivity contribution is -0.763. The molecule has 3 rings (SSSR count). The summed E-state index contributed by atoms with van der Waals surface area (Å²) in [6.45, 7) is 2.03. The first-order chi connectivity index (χ1) is 14.4. The molecule has 1 N–H and O–H groups in total. The van der Waals surface area contributed by atoms with E-state index in [4.69, 9.17) is 21.1 Å². The minimum absolute atomic E-state index is 0.112. The van der Waals surface area contributed by atoms with Crippen molar-refractivity contribution in [2.45, 2.75) is 13.5 Å². The maximum absolute atomic E-state index is 12.6. The fraction of sp³-hybridized carbons (Fsp3) is 0.294. The zero-order valence-electron chi connectivity index (χ0n) is 16.0. The number of carbonyl (C=O) groups excluding carboxylic acids is 1. The number of rotatable bonds is 6. The van der Waals surface area contributed by atoms with Gasteiger partial charge < -0.3 is 19.6 Å². The predicted molar refractivity (Wildman–Crippen MR) is 105 cm³/mol. The van der Waals surface area contributed by atoms with Crippen LogP contribution in [0.3, 0.4) is 0 Å². The van der Waals surface area contributed by atoms with Crippen LogP contribution in [0.5, 0.6) is 11.6 Å². The molecule has 1 aliphatic rings. The van der Waals surface area contributed by atoms with Crippen LogP contribution in [0.4, 0.5) is 10.5 Å². The van der Waals surface area contributed by atoms with Crippen LogP contribution in [-0.2, 0) is 11.4 Å². The van der Waals surface area contributed by atoms with E-state index < -0.39 is 11.2 Å². The SMILES string of the molecule is COc1nc(C)nc(Cl)c1NC1=NCCN1C(=O)Oc1cccc(CO[N+](=O)[O-])c1. The maximum atomic E-state index is 12.6. The number of hydrogen-bond acceptors (Lipinski definition) is 10. The number of ether oxygens (including phenoxy) is 2. The number of hydrogen-bond donors (Lipinski definition) is 1. The number of halogens is 1. The molecule has 158 valence electrons. The maximum Gasteiger partial charge on any atom is 0.422 e. The monoisotopic (exact) mass is 436 g/mol. The minimum Gasteiger partial charge on any atom is -0.479 e. The van der Waals surface area contributed by atoms with Gasteiger partial charge in [0, 0.05) is 0 Å². The molecular weight excluding hydrogens is 420 g/mol. The first-order valence-electron chi connectivity index (χ1n) is 8.62. The molecule has 0 bridgehead atoms. The molecule has 0 radical (unpaired) electrons. The molecule has 12 nitrogen and oxygen atoms in total. The van der Waals surface area contributed by atoms with E-state index in [1.54, 1.807) is 25.1 Å². The van der Waals surface area contributed by atoms with Crippen molar-refractivity contribution >= 4 is 29.3 Å². The average Bonchev–Trinajstić information content (AvgIpc) is 3.17. The van der Waals surface area contributed by atoms with E-state index in [-0.39, 0.29) is 41.6 Å². The van der Waals surface area contributed by atoms with Crippen LogP contribution in [0, 0.1) is 17.0 Å². The Labute approximate surface area is 175 Å². The molecular formula is C17H17ClN6O6. The third-order valence-corrected chi connectivity index (χ3v) is 4.15. The Morgan fingerprint density at radius 1 is 1.40 bits per heavy atom. The standard InChI is InChI=1S/C17H17ClN6O6/c1-10-20-14(18)13(15(21-10)28-2)22-16-19-6-7-23(16)17(25)30-12-5-3-4-11(8-12)9-29-24(26)27/h3-5,8H,6-7,9H2,1-2H3,(H,19,22). The Kier molecular flexibility index (Phi) is 6.47. The lowest BCUT2D eigenvalue weighted by Gasteiger charge is -2.20. The number of benzene rings is 1. The van der Waals surface area contributed by atoms with Gasteiger partial charge in [-0.25, -0.2) is 14.7 Å². The van der Waals surface area contributed by atoms with Crippen molar-refractivity contribution in [2.24, 2.45) is 4.99 Å². The van der Waals surface area contributed by atoms with Crippen LogP contribution in [0.25, 0.3) is 0 Å². The molecule has 1 aromatic carbocycles. The number of carbonyl (C=O) groups is 1. The van der Waals surface area contributed by atoms with Gasteiger partial charge in [-0.15, -0.1) is 10.1 Å². The summed E-state index contributed by atoms with van der Waals surface area (Å²) in [6.07, 6.45) is -0.700. The number of aromatic nitrogens is 2. The van der Waals surface area contributed by atoms with Crippen LogP contribution in [-0.4, -0.2) is 52.2 Å². The Balaban J connectivity index is 1.71. The second-order valence-corrected chi connectivity index (χ2v) is 6.30. The molecule has 1 amide bonds. The van der Waals surface area contributed by atoms with Gasteiger partial charge in [-0.2, -0.15) is 4.98 Å². The highest BCUT2D eigenvalue weighted by Crippen LogP contribution is 2.29. The number of aryl methyl sites for hydroxylation is 1. The second kappa shape index (κ2) is 9.22. The fourth-order valence-corrected chi connectivity index (χ4v) is 2.84. The number of methoxy groups -OCH3 is 1. The molecule has 0 fully saturated rings. The third-order valence-electron chi connectivity index (χ3n) is 3.88. The Morgan fingerprint density at radius 2 is 2.20 bits per heavy atom. The van der Waals surface area contributed by atoms with Gasteiger partial charge >= 0.3 is 6.09 Å². The quantitative estimate of drug-likeness (QED) is 0.410. The summed E-state index contributed by atoms with van der Waals surface area (Å²) in [5, 5.41) is 12.5. The lowest BCUT2D eigenvalue weighted by Crippen LogP contribution is -2.40. The van der Waals surface area contributed by atoms with Gasteiger partial charge in [-0.05, 0) is 24.6 Å². The Morgan fingerprint density at radius 3 is 2.93 bits per heavy atom. The van der Waals surface area contributed by atoms with E-state index in [9.17, 15) is 14.9 Å². The fourth-order valence-electron chi connectivity index (χ4n) is 2.59. The zero-order chi connectivity index (χ0) is 21.7. The summed E-state index contributed by atoms with van der Waals surface area (Å²) in [6, 6.07) is 6.21. The lowest BCUT2D eigenvalue weighted by atomic mass is 10.2. The van der Waals surface area contributed by atoms with E-state index in [1.165, 1.54) is 18.1 Å². The summed E-state index contributed by atoms with van der Waals surface area (Å²) >= 11 is 6.18. The molecule has 0 aliphatic carbocycles. The van der Waals surface area contributed by atoms with Gasteiger partial charge in [0.05, 0.1) is 20.2 Å². The molecule has 30 heavy (non-hydrogen) atoms. The number of anilines is 1. The van der Waals surface area contributed by atoms with Crippen molar-refractivity contribution in [3.63, 3.8) is 0 Å². The largest absolute Gasteiger partial charge is 0.479 e. The van der Waals surface area contributed by atoms with E-state index in [0.717, 1.165) is 0 Å². The second-order valence-electron chi connectivity index (χ2n) is 5.94. The highest BCUT2D eigenvalue weighted by molar-refractivity contribution is 6.33. The van der Waals surface area contributed by atoms with E-state index in [1.807, 2.05) is 0 Å². The highest BCUT2D eigenvalue weighted by atomic mass is 35.5. The molecule has 0 saturated carbocycles. The number of amides is 1. The summed E-state index contributed by atoms with van der Waals surface area (Å²) in [4.78, 5) is 41.0. The van der Waals surface area contributed by atoms with Crippen molar-refractivity contribution in [3.05, 3.63) is 50.9 Å². The highest BCUT2D eigenvalue weighted by Gasteiger charge is 2.28. The molecule has 0 unspecified atom stereocenters. The molecule has 1 aromatic heterocycles. The van der Waals surface area contributed by atoms with Crippen LogP contribution < -0.4 is 14.8 Å². The normalized spacial score (nSPS) is 12.9. The summed E-state index contributed by atoms with van der Waals surface area (Å²) < 4.78 is 10.6. The first-order valence-corrected chi connectivity index (χ1v) is 9.00. The third kappa shape index (κ3) is 5.03. The summed E-state index contributed by atoms with van der Waals surface area (Å²) in [5.74, 6) is 1.02. The number of aliphatic imine (C=N–C) groups is 1. The molecule has 1 aliphatic heterocycles. The van der Waals surface area contributed by atoms with E-state index >= 15 is 0 Å². The van der Waals surface area contributed by atoms with Crippen molar-refractivity contribution in [3.8, 4) is 11.6 Å². The molecule has 0 saturated heterocycles.